The normalized spacial score (nSPS) is 11.0. The van der Waals surface area contributed by atoms with Crippen LogP contribution in [-0.4, -0.2) is 26.8 Å². The van der Waals surface area contributed by atoms with E-state index in [0.29, 0.717) is 0 Å². The molecule has 0 aromatic heterocycles. The first-order valence-corrected chi connectivity index (χ1v) is 8.48. The summed E-state index contributed by atoms with van der Waals surface area (Å²) in [4.78, 5) is 22.0. The van der Waals surface area contributed by atoms with E-state index >= 15 is 0 Å². The number of carbonyl (C=O) groups is 2. The number of nitrogens with one attached hydrogen (secondary N) is 3. The zero-order valence-corrected chi connectivity index (χ0v) is 13.7. The van der Waals surface area contributed by atoms with Crippen molar-refractivity contribution in [3.05, 3.63) is 65.5 Å². The van der Waals surface area contributed by atoms with Crippen molar-refractivity contribution in [2.24, 2.45) is 0 Å². The standard InChI is InChI=1S/C15H12F3N3O4S/c16-10-5-2-1-4-9(10)15(23)21-20-13(22)8-19-26(24,25)14-11(17)6-3-7-12(14)18/h1-7,19H,8H2,(H,20,22)(H,21,23). The summed E-state index contributed by atoms with van der Waals surface area (Å²) in [6.45, 7) is -0.923. The smallest absolute Gasteiger partial charge is 0.272 e. The van der Waals surface area contributed by atoms with Crippen LogP contribution in [0.2, 0.25) is 0 Å². The molecular weight excluding hydrogens is 375 g/mol. The lowest BCUT2D eigenvalue weighted by Gasteiger charge is -2.10. The summed E-state index contributed by atoms with van der Waals surface area (Å²) in [7, 11) is -4.65. The van der Waals surface area contributed by atoms with Crippen LogP contribution in [0.3, 0.4) is 0 Å². The van der Waals surface area contributed by atoms with Crippen LogP contribution in [0.25, 0.3) is 0 Å². The monoisotopic (exact) mass is 387 g/mol. The highest BCUT2D eigenvalue weighted by molar-refractivity contribution is 7.89. The van der Waals surface area contributed by atoms with E-state index in [1.165, 1.54) is 18.2 Å². The minimum atomic E-state index is -4.65. The van der Waals surface area contributed by atoms with Gasteiger partial charge in [0.25, 0.3) is 11.8 Å². The van der Waals surface area contributed by atoms with Crippen LogP contribution in [0.15, 0.2) is 47.4 Å². The second-order valence-electron chi connectivity index (χ2n) is 4.86. The molecular formula is C15H12F3N3O4S. The number of rotatable bonds is 5. The lowest BCUT2D eigenvalue weighted by molar-refractivity contribution is -0.120. The number of hydrogen-bond donors (Lipinski definition) is 3. The molecule has 0 heterocycles. The van der Waals surface area contributed by atoms with E-state index in [1.807, 2.05) is 10.9 Å². The Balaban J connectivity index is 1.94. The third-order valence-corrected chi connectivity index (χ3v) is 4.50. The van der Waals surface area contributed by atoms with Gasteiger partial charge in [0.05, 0.1) is 12.1 Å². The van der Waals surface area contributed by atoms with Gasteiger partial charge in [-0.15, -0.1) is 0 Å². The van der Waals surface area contributed by atoms with Gasteiger partial charge in [0.2, 0.25) is 10.0 Å². The summed E-state index contributed by atoms with van der Waals surface area (Å²) in [5.41, 5.74) is 3.37. The second kappa shape index (κ2) is 7.97. The SMILES string of the molecule is O=C(CNS(=O)(=O)c1c(F)cccc1F)NNC(=O)c1ccccc1F. The number of hydrogen-bond acceptors (Lipinski definition) is 4. The maximum Gasteiger partial charge on any atom is 0.272 e. The summed E-state index contributed by atoms with van der Waals surface area (Å²) in [5, 5.41) is 0. The molecule has 0 unspecified atom stereocenters. The van der Waals surface area contributed by atoms with Crippen molar-refractivity contribution in [1.29, 1.82) is 0 Å². The molecule has 0 aliphatic heterocycles. The van der Waals surface area contributed by atoms with E-state index in [4.69, 9.17) is 0 Å². The van der Waals surface area contributed by atoms with Gasteiger partial charge in [0, 0.05) is 0 Å². The summed E-state index contributed by atoms with van der Waals surface area (Å²) in [5.74, 6) is -5.50. The Morgan fingerprint density at radius 3 is 2.04 bits per heavy atom. The van der Waals surface area contributed by atoms with Crippen LogP contribution in [0.1, 0.15) is 10.4 Å². The molecule has 26 heavy (non-hydrogen) atoms. The van der Waals surface area contributed by atoms with Crippen molar-refractivity contribution in [2.75, 3.05) is 6.54 Å². The third kappa shape index (κ3) is 4.58. The first kappa shape index (κ1) is 19.4. The molecule has 0 aliphatic carbocycles. The Morgan fingerprint density at radius 2 is 1.42 bits per heavy atom. The number of carbonyl (C=O) groups excluding carboxylic acids is 2. The molecule has 0 spiro atoms. The largest absolute Gasteiger partial charge is 0.272 e. The average Bonchev–Trinajstić information content (AvgIpc) is 2.58. The van der Waals surface area contributed by atoms with Gasteiger partial charge in [0.1, 0.15) is 17.5 Å². The topological polar surface area (TPSA) is 104 Å². The lowest BCUT2D eigenvalue weighted by atomic mass is 10.2. The highest BCUT2D eigenvalue weighted by Crippen LogP contribution is 2.17. The maximum atomic E-state index is 13.5. The van der Waals surface area contributed by atoms with Crippen molar-refractivity contribution in [2.45, 2.75) is 4.90 Å². The molecule has 0 aliphatic rings. The molecule has 2 aromatic rings. The van der Waals surface area contributed by atoms with Crippen molar-refractivity contribution in [1.82, 2.24) is 15.6 Å². The van der Waals surface area contributed by atoms with E-state index in [9.17, 15) is 31.2 Å². The van der Waals surface area contributed by atoms with Gasteiger partial charge >= 0.3 is 0 Å². The second-order valence-corrected chi connectivity index (χ2v) is 6.56. The first-order chi connectivity index (χ1) is 12.2. The lowest BCUT2D eigenvalue weighted by Crippen LogP contribution is -2.46. The highest BCUT2D eigenvalue weighted by Gasteiger charge is 2.24. The predicted octanol–water partition coefficient (Wildman–Crippen LogP) is 0.843. The molecule has 2 rings (SSSR count). The van der Waals surface area contributed by atoms with E-state index in [1.54, 1.807) is 4.72 Å². The quantitative estimate of drug-likeness (QED) is 0.662. The molecule has 11 heteroatoms. The van der Waals surface area contributed by atoms with Crippen molar-refractivity contribution in [3.63, 3.8) is 0 Å². The molecule has 0 fully saturated rings. The average molecular weight is 387 g/mol. The van der Waals surface area contributed by atoms with Gasteiger partial charge < -0.3 is 0 Å². The van der Waals surface area contributed by atoms with Crippen LogP contribution < -0.4 is 15.6 Å². The fourth-order valence-corrected chi connectivity index (χ4v) is 2.97. The van der Waals surface area contributed by atoms with E-state index in [0.717, 1.165) is 24.3 Å². The van der Waals surface area contributed by atoms with Gasteiger partial charge in [-0.25, -0.2) is 26.3 Å². The molecule has 7 nitrogen and oxygen atoms in total. The Labute approximate surface area is 146 Å². The Kier molecular flexibility index (Phi) is 5.95. The molecule has 0 saturated heterocycles. The van der Waals surface area contributed by atoms with Gasteiger partial charge in [-0.2, -0.15) is 0 Å². The van der Waals surface area contributed by atoms with Gasteiger partial charge in [-0.05, 0) is 24.3 Å². The van der Waals surface area contributed by atoms with Crippen LogP contribution in [0, 0.1) is 17.5 Å². The Bertz CT molecular complexity index is 931. The molecule has 0 atom stereocenters. The Hall–Kier alpha value is -2.92. The van der Waals surface area contributed by atoms with Gasteiger partial charge in [-0.3, -0.25) is 20.4 Å². The number of sulfonamides is 1. The van der Waals surface area contributed by atoms with E-state index in [2.05, 4.69) is 0 Å². The number of amides is 2. The zero-order chi connectivity index (χ0) is 19.3. The summed E-state index contributed by atoms with van der Waals surface area (Å²) in [6, 6.07) is 7.43. The Morgan fingerprint density at radius 1 is 0.846 bits per heavy atom. The molecule has 138 valence electrons. The van der Waals surface area contributed by atoms with Crippen molar-refractivity contribution in [3.8, 4) is 0 Å². The minimum absolute atomic E-state index is 0.346. The minimum Gasteiger partial charge on any atom is -0.272 e. The van der Waals surface area contributed by atoms with Gasteiger partial charge in [0.15, 0.2) is 4.90 Å². The molecule has 0 radical (unpaired) electrons. The van der Waals surface area contributed by atoms with Crippen molar-refractivity contribution < 1.29 is 31.2 Å². The van der Waals surface area contributed by atoms with Crippen molar-refractivity contribution >= 4 is 21.8 Å². The summed E-state index contributed by atoms with van der Waals surface area (Å²) in [6.07, 6.45) is 0. The molecule has 0 saturated carbocycles. The van der Waals surface area contributed by atoms with Crippen LogP contribution in [-0.2, 0) is 14.8 Å². The van der Waals surface area contributed by atoms with Crippen LogP contribution in [0.4, 0.5) is 13.2 Å². The number of hydrazine groups is 1. The van der Waals surface area contributed by atoms with E-state index < -0.39 is 50.7 Å². The van der Waals surface area contributed by atoms with Crippen LogP contribution >= 0.6 is 0 Å². The summed E-state index contributed by atoms with van der Waals surface area (Å²) >= 11 is 0. The van der Waals surface area contributed by atoms with Gasteiger partial charge in [-0.1, -0.05) is 18.2 Å². The first-order valence-electron chi connectivity index (χ1n) is 7.00. The highest BCUT2D eigenvalue weighted by atomic mass is 32.2. The number of benzene rings is 2. The molecule has 2 aromatic carbocycles. The third-order valence-electron chi connectivity index (χ3n) is 3.04. The number of halogens is 3. The fraction of sp³-hybridized carbons (Fsp3) is 0.0667. The fourth-order valence-electron chi connectivity index (χ4n) is 1.86. The maximum absolute atomic E-state index is 13.5. The molecule has 3 N–H and O–H groups in total. The van der Waals surface area contributed by atoms with Crippen LogP contribution in [0.5, 0.6) is 0 Å². The van der Waals surface area contributed by atoms with E-state index in [-0.39, 0.29) is 5.56 Å². The zero-order valence-electron chi connectivity index (χ0n) is 12.9. The molecule has 0 bridgehead atoms. The molecule has 2 amide bonds. The summed E-state index contributed by atoms with van der Waals surface area (Å²) < 4.78 is 65.8. The predicted molar refractivity (Wildman–Crippen MR) is 83.6 cm³/mol.